The molecule has 84 valence electrons. The van der Waals surface area contributed by atoms with Gasteiger partial charge in [0.05, 0.1) is 12.4 Å². The number of nitrogens with two attached hydrogens (primary N) is 1. The maximum Gasteiger partial charge on any atom is 0.174 e. The van der Waals surface area contributed by atoms with Crippen LogP contribution in [-0.4, -0.2) is 32.8 Å². The first kappa shape index (κ1) is 11.9. The average molecular weight is 221 g/mol. The smallest absolute Gasteiger partial charge is 0.174 e. The van der Waals surface area contributed by atoms with E-state index in [0.717, 1.165) is 0 Å². The molecule has 2 N–H and O–H groups in total. The summed E-state index contributed by atoms with van der Waals surface area (Å²) in [5.41, 5.74) is 5.48. The van der Waals surface area contributed by atoms with E-state index >= 15 is 0 Å². The molecule has 0 radical (unpaired) electrons. The van der Waals surface area contributed by atoms with Crippen LogP contribution >= 0.6 is 0 Å². The van der Waals surface area contributed by atoms with E-state index in [-0.39, 0.29) is 17.7 Å². The lowest BCUT2D eigenvalue weighted by Crippen LogP contribution is -2.22. The summed E-state index contributed by atoms with van der Waals surface area (Å²) in [5, 5.41) is 0. The Morgan fingerprint density at radius 2 is 2.14 bits per heavy atom. The summed E-state index contributed by atoms with van der Waals surface area (Å²) in [7, 11) is -3.05. The minimum atomic E-state index is -3.05. The van der Waals surface area contributed by atoms with E-state index < -0.39 is 9.84 Å². The third-order valence-corrected chi connectivity index (χ3v) is 3.58. The molecular formula is C9H19NO3S. The van der Waals surface area contributed by atoms with Gasteiger partial charge in [0.15, 0.2) is 9.84 Å². The predicted molar refractivity (Wildman–Crippen MR) is 55.6 cm³/mol. The van der Waals surface area contributed by atoms with Crippen LogP contribution < -0.4 is 5.73 Å². The summed E-state index contributed by atoms with van der Waals surface area (Å²) in [6.45, 7) is 2.40. The molecule has 5 heteroatoms. The monoisotopic (exact) mass is 221 g/mol. The largest absolute Gasteiger partial charge is 0.365 e. The summed E-state index contributed by atoms with van der Waals surface area (Å²) < 4.78 is 27.8. The fourth-order valence-electron chi connectivity index (χ4n) is 1.05. The van der Waals surface area contributed by atoms with Crippen molar-refractivity contribution in [2.24, 2.45) is 11.7 Å². The van der Waals surface area contributed by atoms with E-state index in [1.807, 2.05) is 0 Å². The van der Waals surface area contributed by atoms with Crippen molar-refractivity contribution < 1.29 is 13.2 Å². The molecule has 1 aliphatic carbocycles. The number of sulfone groups is 1. The Kier molecular flexibility index (Phi) is 4.34. The Morgan fingerprint density at radius 1 is 1.50 bits per heavy atom. The molecule has 0 saturated heterocycles. The minimum Gasteiger partial charge on any atom is -0.365 e. The Morgan fingerprint density at radius 3 is 2.64 bits per heavy atom. The van der Waals surface area contributed by atoms with Crippen LogP contribution in [0.15, 0.2) is 0 Å². The molecule has 1 unspecified atom stereocenters. The second kappa shape index (κ2) is 5.09. The van der Waals surface area contributed by atoms with E-state index in [1.54, 1.807) is 6.92 Å². The second-order valence-corrected chi connectivity index (χ2v) is 6.28. The molecule has 0 amide bonds. The summed E-state index contributed by atoms with van der Waals surface area (Å²) >= 11 is 0. The van der Waals surface area contributed by atoms with Crippen LogP contribution in [-0.2, 0) is 14.6 Å². The molecule has 1 rings (SSSR count). The van der Waals surface area contributed by atoms with Crippen LogP contribution in [0.4, 0.5) is 0 Å². The van der Waals surface area contributed by atoms with E-state index in [0.29, 0.717) is 18.9 Å². The molecule has 4 nitrogen and oxygen atoms in total. The zero-order chi connectivity index (χ0) is 10.6. The summed E-state index contributed by atoms with van der Waals surface area (Å²) in [5.74, 6) is 0.601. The van der Waals surface area contributed by atoms with Crippen molar-refractivity contribution in [1.29, 1.82) is 0 Å². The molecule has 1 saturated carbocycles. The normalized spacial score (nSPS) is 19.6. The first-order valence-electron chi connectivity index (χ1n) is 5.03. The van der Waals surface area contributed by atoms with Crippen molar-refractivity contribution in [1.82, 2.24) is 0 Å². The van der Waals surface area contributed by atoms with Gasteiger partial charge in [-0.2, -0.15) is 0 Å². The molecule has 1 atom stereocenters. The highest BCUT2D eigenvalue weighted by Gasteiger charge is 2.22. The van der Waals surface area contributed by atoms with E-state index in [1.165, 1.54) is 12.8 Å². The van der Waals surface area contributed by atoms with Gasteiger partial charge >= 0.3 is 0 Å². The van der Waals surface area contributed by atoms with Gasteiger partial charge in [0.1, 0.15) is 5.94 Å². The zero-order valence-corrected chi connectivity index (χ0v) is 9.42. The van der Waals surface area contributed by atoms with Gasteiger partial charge in [-0.25, -0.2) is 8.42 Å². The summed E-state index contributed by atoms with van der Waals surface area (Å²) in [6.07, 6.45) is 2.87. The van der Waals surface area contributed by atoms with Crippen molar-refractivity contribution in [3.8, 4) is 0 Å². The maximum absolute atomic E-state index is 11.4. The van der Waals surface area contributed by atoms with Gasteiger partial charge in [0, 0.05) is 6.04 Å². The molecule has 0 bridgehead atoms. The molecule has 0 heterocycles. The standard InChI is InChI=1S/C9H19NO3S/c1-8(10)4-5-14(11,12)7-13-6-9-2-3-9/h8-9H,2-7,10H2,1H3. The molecule has 0 aromatic carbocycles. The highest BCUT2D eigenvalue weighted by atomic mass is 32.2. The summed E-state index contributed by atoms with van der Waals surface area (Å²) in [6, 6.07) is -0.0618. The van der Waals surface area contributed by atoms with Crippen LogP contribution in [0.2, 0.25) is 0 Å². The maximum atomic E-state index is 11.4. The van der Waals surface area contributed by atoms with Crippen molar-refractivity contribution in [3.05, 3.63) is 0 Å². The van der Waals surface area contributed by atoms with Gasteiger partial charge < -0.3 is 10.5 Å². The lowest BCUT2D eigenvalue weighted by molar-refractivity contribution is 0.165. The van der Waals surface area contributed by atoms with Gasteiger partial charge in [-0.1, -0.05) is 0 Å². The lowest BCUT2D eigenvalue weighted by Gasteiger charge is -2.07. The van der Waals surface area contributed by atoms with Crippen LogP contribution in [0.25, 0.3) is 0 Å². The molecular weight excluding hydrogens is 202 g/mol. The van der Waals surface area contributed by atoms with Crippen molar-refractivity contribution >= 4 is 9.84 Å². The number of ether oxygens (including phenoxy) is 1. The van der Waals surface area contributed by atoms with Gasteiger partial charge in [-0.05, 0) is 32.1 Å². The van der Waals surface area contributed by atoms with Crippen LogP contribution in [0, 0.1) is 5.92 Å². The van der Waals surface area contributed by atoms with Crippen molar-refractivity contribution in [2.75, 3.05) is 18.3 Å². The Hall–Kier alpha value is -0.130. The topological polar surface area (TPSA) is 69.4 Å². The van der Waals surface area contributed by atoms with Gasteiger partial charge in [-0.3, -0.25) is 0 Å². The predicted octanol–water partition coefficient (Wildman–Crippen LogP) is 0.523. The van der Waals surface area contributed by atoms with Crippen LogP contribution in [0.5, 0.6) is 0 Å². The molecule has 0 aliphatic heterocycles. The van der Waals surface area contributed by atoms with Gasteiger partial charge in [0.2, 0.25) is 0 Å². The lowest BCUT2D eigenvalue weighted by atomic mass is 10.3. The summed E-state index contributed by atoms with van der Waals surface area (Å²) in [4.78, 5) is 0. The quantitative estimate of drug-likeness (QED) is 0.680. The van der Waals surface area contributed by atoms with E-state index in [9.17, 15) is 8.42 Å². The minimum absolute atomic E-state index is 0.0618. The second-order valence-electron chi connectivity index (χ2n) is 4.15. The molecule has 1 aliphatic rings. The van der Waals surface area contributed by atoms with Gasteiger partial charge in [-0.15, -0.1) is 0 Å². The Bertz CT molecular complexity index is 257. The molecule has 0 spiro atoms. The molecule has 14 heavy (non-hydrogen) atoms. The average Bonchev–Trinajstić information content (AvgIpc) is 2.85. The van der Waals surface area contributed by atoms with Crippen LogP contribution in [0.1, 0.15) is 26.2 Å². The van der Waals surface area contributed by atoms with Crippen molar-refractivity contribution in [2.45, 2.75) is 32.2 Å². The highest BCUT2D eigenvalue weighted by molar-refractivity contribution is 7.91. The fourth-order valence-corrected chi connectivity index (χ4v) is 2.25. The Balaban J connectivity index is 2.12. The third kappa shape index (κ3) is 5.57. The molecule has 0 aromatic heterocycles. The third-order valence-electron chi connectivity index (χ3n) is 2.20. The fraction of sp³-hybridized carbons (Fsp3) is 1.00. The first-order valence-corrected chi connectivity index (χ1v) is 6.85. The number of hydrogen-bond acceptors (Lipinski definition) is 4. The number of hydrogen-bond donors (Lipinski definition) is 1. The van der Waals surface area contributed by atoms with E-state index in [2.05, 4.69) is 0 Å². The van der Waals surface area contributed by atoms with Crippen molar-refractivity contribution in [3.63, 3.8) is 0 Å². The highest BCUT2D eigenvalue weighted by Crippen LogP contribution is 2.28. The first-order chi connectivity index (χ1) is 6.49. The van der Waals surface area contributed by atoms with Crippen LogP contribution in [0.3, 0.4) is 0 Å². The van der Waals surface area contributed by atoms with E-state index in [4.69, 9.17) is 10.5 Å². The van der Waals surface area contributed by atoms with Gasteiger partial charge in [0.25, 0.3) is 0 Å². The zero-order valence-electron chi connectivity index (χ0n) is 8.61. The molecule has 0 aromatic rings. The Labute approximate surface area is 85.7 Å². The molecule has 1 fully saturated rings. The number of rotatable bonds is 7. The SMILES string of the molecule is CC(N)CCS(=O)(=O)COCC1CC1.